The first-order valence-corrected chi connectivity index (χ1v) is 9.17. The van der Waals surface area contributed by atoms with E-state index in [1.54, 1.807) is 30.0 Å². The van der Waals surface area contributed by atoms with E-state index in [0.29, 0.717) is 24.7 Å². The van der Waals surface area contributed by atoms with Gasteiger partial charge in [0.25, 0.3) is 5.91 Å². The smallest absolute Gasteiger partial charge is 0.257 e. The number of carbonyl (C=O) groups is 1. The molecule has 2 rings (SSSR count). The molecule has 0 saturated carbocycles. The highest BCUT2D eigenvalue weighted by Crippen LogP contribution is 2.26. The molecule has 2 aromatic rings. The van der Waals surface area contributed by atoms with Gasteiger partial charge in [0.2, 0.25) is 0 Å². The number of ether oxygens (including phenoxy) is 2. The van der Waals surface area contributed by atoms with Crippen molar-refractivity contribution in [1.82, 2.24) is 5.32 Å². The third-order valence-electron chi connectivity index (χ3n) is 3.23. The number of nitrogens with one attached hydrogen (secondary N) is 1. The Morgan fingerprint density at radius 1 is 1.08 bits per heavy atom. The molecule has 0 aliphatic rings. The third-order valence-corrected chi connectivity index (χ3v) is 4.33. The molecule has 4 nitrogen and oxygen atoms in total. The molecule has 0 atom stereocenters. The minimum Gasteiger partial charge on any atom is -0.490 e. The Morgan fingerprint density at radius 2 is 1.76 bits per heavy atom. The number of carbonyl (C=O) groups excluding carboxylic acids is 1. The quantitative estimate of drug-likeness (QED) is 0.514. The Kier molecular flexibility index (Phi) is 8.12. The van der Waals surface area contributed by atoms with Crippen LogP contribution in [0.25, 0.3) is 0 Å². The number of para-hydroxylation sites is 2. The first kappa shape index (κ1) is 19.1. The molecule has 0 aliphatic carbocycles. The summed E-state index contributed by atoms with van der Waals surface area (Å²) in [6.07, 6.45) is 0.823. The van der Waals surface area contributed by atoms with Crippen LogP contribution in [0.1, 0.15) is 13.3 Å². The second kappa shape index (κ2) is 10.6. The summed E-state index contributed by atoms with van der Waals surface area (Å²) < 4.78 is 23.8. The minimum atomic E-state index is -0.234. The lowest BCUT2D eigenvalue weighted by Gasteiger charge is -2.11. The first-order chi connectivity index (χ1) is 12.2. The molecule has 25 heavy (non-hydrogen) atoms. The average Bonchev–Trinajstić information content (AvgIpc) is 2.62. The van der Waals surface area contributed by atoms with Crippen molar-refractivity contribution in [3.05, 3.63) is 54.3 Å². The van der Waals surface area contributed by atoms with Gasteiger partial charge in [-0.25, -0.2) is 4.39 Å². The van der Waals surface area contributed by atoms with Gasteiger partial charge in [0, 0.05) is 11.4 Å². The van der Waals surface area contributed by atoms with Crippen molar-refractivity contribution in [2.24, 2.45) is 0 Å². The van der Waals surface area contributed by atoms with Crippen LogP contribution in [0.15, 0.2) is 53.4 Å². The van der Waals surface area contributed by atoms with E-state index in [0.717, 1.165) is 17.1 Å². The number of rotatable bonds is 10. The standard InChI is InChI=1S/C19H22FNO3S/c1-2-23-17-6-3-4-7-18(17)24-14-19(22)21-12-5-13-25-16-10-8-15(20)9-11-16/h3-4,6-11H,2,5,12-14H2,1H3,(H,21,22). The zero-order valence-electron chi connectivity index (χ0n) is 14.2. The normalized spacial score (nSPS) is 10.3. The molecule has 1 N–H and O–H groups in total. The Bertz CT molecular complexity index is 664. The second-order valence-corrected chi connectivity index (χ2v) is 6.34. The third kappa shape index (κ3) is 7.05. The van der Waals surface area contributed by atoms with Gasteiger partial charge in [-0.15, -0.1) is 11.8 Å². The highest BCUT2D eigenvalue weighted by Gasteiger charge is 2.07. The summed E-state index contributed by atoms with van der Waals surface area (Å²) >= 11 is 1.63. The van der Waals surface area contributed by atoms with Crippen LogP contribution in [0.4, 0.5) is 4.39 Å². The number of hydrogen-bond acceptors (Lipinski definition) is 4. The van der Waals surface area contributed by atoms with Gasteiger partial charge in [-0.3, -0.25) is 4.79 Å². The molecule has 1 amide bonds. The van der Waals surface area contributed by atoms with E-state index in [1.807, 2.05) is 25.1 Å². The molecule has 0 saturated heterocycles. The maximum atomic E-state index is 12.8. The summed E-state index contributed by atoms with van der Waals surface area (Å²) in [6.45, 7) is 2.96. The number of thioether (sulfide) groups is 1. The van der Waals surface area contributed by atoms with E-state index in [9.17, 15) is 9.18 Å². The van der Waals surface area contributed by atoms with Crippen LogP contribution in [-0.2, 0) is 4.79 Å². The van der Waals surface area contributed by atoms with Crippen LogP contribution in [0, 0.1) is 5.82 Å². The van der Waals surface area contributed by atoms with Gasteiger partial charge >= 0.3 is 0 Å². The Balaban J connectivity index is 1.62. The highest BCUT2D eigenvalue weighted by atomic mass is 32.2. The largest absolute Gasteiger partial charge is 0.490 e. The van der Waals surface area contributed by atoms with Gasteiger partial charge in [-0.2, -0.15) is 0 Å². The fourth-order valence-corrected chi connectivity index (χ4v) is 2.91. The van der Waals surface area contributed by atoms with E-state index in [1.165, 1.54) is 12.1 Å². The van der Waals surface area contributed by atoms with E-state index in [2.05, 4.69) is 5.32 Å². The molecule has 0 aromatic heterocycles. The average molecular weight is 363 g/mol. The molecule has 0 fully saturated rings. The SMILES string of the molecule is CCOc1ccccc1OCC(=O)NCCCSc1ccc(F)cc1. The molecule has 0 bridgehead atoms. The molecule has 134 valence electrons. The van der Waals surface area contributed by atoms with Crippen LogP contribution in [0.2, 0.25) is 0 Å². The Labute approximate surface area is 151 Å². The molecular formula is C19H22FNO3S. The summed E-state index contributed by atoms with van der Waals surface area (Å²) in [7, 11) is 0. The molecule has 0 spiro atoms. The lowest BCUT2D eigenvalue weighted by atomic mass is 10.3. The zero-order chi connectivity index (χ0) is 17.9. The van der Waals surface area contributed by atoms with Crippen LogP contribution in [-0.4, -0.2) is 31.4 Å². The van der Waals surface area contributed by atoms with Crippen LogP contribution < -0.4 is 14.8 Å². The van der Waals surface area contributed by atoms with Crippen molar-refractivity contribution in [3.63, 3.8) is 0 Å². The Morgan fingerprint density at radius 3 is 2.44 bits per heavy atom. The van der Waals surface area contributed by atoms with Crippen molar-refractivity contribution in [2.45, 2.75) is 18.2 Å². The predicted molar refractivity (Wildman–Crippen MR) is 97.9 cm³/mol. The monoisotopic (exact) mass is 363 g/mol. The summed E-state index contributed by atoms with van der Waals surface area (Å²) in [4.78, 5) is 12.8. The molecule has 0 radical (unpaired) electrons. The van der Waals surface area contributed by atoms with Crippen molar-refractivity contribution in [3.8, 4) is 11.5 Å². The molecule has 0 heterocycles. The van der Waals surface area contributed by atoms with E-state index < -0.39 is 0 Å². The number of benzene rings is 2. The zero-order valence-corrected chi connectivity index (χ0v) is 15.0. The summed E-state index contributed by atoms with van der Waals surface area (Å²) in [5, 5.41) is 2.82. The van der Waals surface area contributed by atoms with Crippen LogP contribution in [0.3, 0.4) is 0 Å². The van der Waals surface area contributed by atoms with Crippen molar-refractivity contribution in [1.29, 1.82) is 0 Å². The van der Waals surface area contributed by atoms with Crippen molar-refractivity contribution in [2.75, 3.05) is 25.5 Å². The van der Waals surface area contributed by atoms with E-state index in [4.69, 9.17) is 9.47 Å². The number of amides is 1. The van der Waals surface area contributed by atoms with Crippen molar-refractivity contribution >= 4 is 17.7 Å². The van der Waals surface area contributed by atoms with Gasteiger partial charge in [0.1, 0.15) is 5.82 Å². The number of halogens is 1. The van der Waals surface area contributed by atoms with Gasteiger partial charge in [-0.1, -0.05) is 12.1 Å². The predicted octanol–water partition coefficient (Wildman–Crippen LogP) is 3.90. The Hall–Kier alpha value is -2.21. The highest BCUT2D eigenvalue weighted by molar-refractivity contribution is 7.99. The van der Waals surface area contributed by atoms with Gasteiger partial charge in [0.05, 0.1) is 6.61 Å². The van der Waals surface area contributed by atoms with Gasteiger partial charge < -0.3 is 14.8 Å². The van der Waals surface area contributed by atoms with Crippen LogP contribution >= 0.6 is 11.8 Å². The fourth-order valence-electron chi connectivity index (χ4n) is 2.06. The lowest BCUT2D eigenvalue weighted by Crippen LogP contribution is -2.30. The maximum Gasteiger partial charge on any atom is 0.257 e. The molecular weight excluding hydrogens is 341 g/mol. The van der Waals surface area contributed by atoms with Gasteiger partial charge in [-0.05, 0) is 55.5 Å². The maximum absolute atomic E-state index is 12.8. The van der Waals surface area contributed by atoms with Gasteiger partial charge in [0.15, 0.2) is 18.1 Å². The molecule has 2 aromatic carbocycles. The molecule has 0 aliphatic heterocycles. The lowest BCUT2D eigenvalue weighted by molar-refractivity contribution is -0.123. The fraction of sp³-hybridized carbons (Fsp3) is 0.316. The van der Waals surface area contributed by atoms with Crippen LogP contribution in [0.5, 0.6) is 11.5 Å². The summed E-state index contributed by atoms with van der Waals surface area (Å²) in [6, 6.07) is 13.7. The summed E-state index contributed by atoms with van der Waals surface area (Å²) in [5.74, 6) is 1.64. The molecule has 6 heteroatoms. The summed E-state index contributed by atoms with van der Waals surface area (Å²) in [5.41, 5.74) is 0. The van der Waals surface area contributed by atoms with Crippen molar-refractivity contribution < 1.29 is 18.7 Å². The molecule has 0 unspecified atom stereocenters. The topological polar surface area (TPSA) is 47.6 Å². The first-order valence-electron chi connectivity index (χ1n) is 8.18. The number of hydrogen-bond donors (Lipinski definition) is 1. The van der Waals surface area contributed by atoms with E-state index >= 15 is 0 Å². The van der Waals surface area contributed by atoms with E-state index in [-0.39, 0.29) is 18.3 Å². The minimum absolute atomic E-state index is 0.0464. The second-order valence-electron chi connectivity index (χ2n) is 5.17.